The van der Waals surface area contributed by atoms with E-state index in [0.717, 1.165) is 19.3 Å². The first-order chi connectivity index (χ1) is 12.5. The number of hydrogen-bond acceptors (Lipinski definition) is 3. The number of carbonyl (C=O) groups is 2. The molecule has 1 heterocycles. The van der Waals surface area contributed by atoms with Gasteiger partial charge in [0, 0.05) is 45.3 Å². The molecular formula is C21H31N3O2. The van der Waals surface area contributed by atoms with Gasteiger partial charge in [-0.3, -0.25) is 9.59 Å². The molecule has 2 aliphatic rings. The van der Waals surface area contributed by atoms with Gasteiger partial charge in [0.25, 0.3) is 0 Å². The van der Waals surface area contributed by atoms with E-state index < -0.39 is 0 Å². The van der Waals surface area contributed by atoms with Gasteiger partial charge in [-0.2, -0.15) is 0 Å². The Hall–Kier alpha value is -2.04. The van der Waals surface area contributed by atoms with Gasteiger partial charge in [0.15, 0.2) is 0 Å². The molecule has 0 spiro atoms. The van der Waals surface area contributed by atoms with Crippen LogP contribution >= 0.6 is 0 Å². The predicted molar refractivity (Wildman–Crippen MR) is 104 cm³/mol. The van der Waals surface area contributed by atoms with Crippen molar-refractivity contribution < 1.29 is 9.59 Å². The Balaban J connectivity index is 1.46. The summed E-state index contributed by atoms with van der Waals surface area (Å²) >= 11 is 0. The third-order valence-corrected chi connectivity index (χ3v) is 5.75. The molecule has 0 bridgehead atoms. The monoisotopic (exact) mass is 357 g/mol. The molecule has 1 saturated carbocycles. The first-order valence-electron chi connectivity index (χ1n) is 9.88. The maximum atomic E-state index is 12.5. The SMILES string of the molecule is CN(C)c1ccc(CCNC(=O)[C@H]2CCC(=O)N(C3CCCC3)C2)cc1. The highest BCUT2D eigenvalue weighted by Crippen LogP contribution is 2.28. The number of hydrogen-bond donors (Lipinski definition) is 1. The Kier molecular flexibility index (Phi) is 6.17. The predicted octanol–water partition coefficient (Wildman–Crippen LogP) is 2.59. The summed E-state index contributed by atoms with van der Waals surface area (Å²) in [6, 6.07) is 8.80. The first-order valence-corrected chi connectivity index (χ1v) is 9.88. The minimum atomic E-state index is -0.0515. The van der Waals surface area contributed by atoms with Crippen molar-refractivity contribution >= 4 is 17.5 Å². The van der Waals surface area contributed by atoms with E-state index in [0.29, 0.717) is 32.0 Å². The minimum Gasteiger partial charge on any atom is -0.378 e. The maximum absolute atomic E-state index is 12.5. The topological polar surface area (TPSA) is 52.7 Å². The Bertz CT molecular complexity index is 621. The molecule has 3 rings (SSSR count). The van der Waals surface area contributed by atoms with Crippen LogP contribution in [0.25, 0.3) is 0 Å². The molecule has 1 atom stereocenters. The quantitative estimate of drug-likeness (QED) is 0.851. The second-order valence-corrected chi connectivity index (χ2v) is 7.82. The zero-order valence-electron chi connectivity index (χ0n) is 16.0. The van der Waals surface area contributed by atoms with Crippen molar-refractivity contribution in [2.75, 3.05) is 32.1 Å². The average Bonchev–Trinajstić information content (AvgIpc) is 3.17. The second-order valence-electron chi connectivity index (χ2n) is 7.82. The van der Waals surface area contributed by atoms with Crippen LogP contribution in [0.3, 0.4) is 0 Å². The van der Waals surface area contributed by atoms with Crippen molar-refractivity contribution in [1.82, 2.24) is 10.2 Å². The zero-order valence-corrected chi connectivity index (χ0v) is 16.0. The van der Waals surface area contributed by atoms with E-state index in [1.165, 1.54) is 24.1 Å². The number of likely N-dealkylation sites (tertiary alicyclic amines) is 1. The first kappa shape index (κ1) is 18.7. The number of nitrogens with one attached hydrogen (secondary N) is 1. The number of carbonyl (C=O) groups excluding carboxylic acids is 2. The summed E-state index contributed by atoms with van der Waals surface area (Å²) in [6.07, 6.45) is 6.64. The fourth-order valence-corrected chi connectivity index (χ4v) is 4.09. The van der Waals surface area contributed by atoms with Crippen LogP contribution in [0.4, 0.5) is 5.69 Å². The van der Waals surface area contributed by atoms with Crippen molar-refractivity contribution in [2.24, 2.45) is 5.92 Å². The average molecular weight is 357 g/mol. The third kappa shape index (κ3) is 4.57. The molecular weight excluding hydrogens is 326 g/mol. The molecule has 0 radical (unpaired) electrons. The van der Waals surface area contributed by atoms with Crippen LogP contribution in [0.1, 0.15) is 44.1 Å². The highest BCUT2D eigenvalue weighted by molar-refractivity contribution is 5.84. The molecule has 1 saturated heterocycles. The molecule has 142 valence electrons. The molecule has 1 aromatic carbocycles. The van der Waals surface area contributed by atoms with Crippen LogP contribution in [0, 0.1) is 5.92 Å². The lowest BCUT2D eigenvalue weighted by molar-refractivity contribution is -0.140. The van der Waals surface area contributed by atoms with Gasteiger partial charge in [-0.05, 0) is 43.4 Å². The van der Waals surface area contributed by atoms with Crippen LogP contribution in [0.2, 0.25) is 0 Å². The fraction of sp³-hybridized carbons (Fsp3) is 0.619. The molecule has 5 nitrogen and oxygen atoms in total. The van der Waals surface area contributed by atoms with Crippen molar-refractivity contribution in [2.45, 2.75) is 51.0 Å². The van der Waals surface area contributed by atoms with E-state index >= 15 is 0 Å². The van der Waals surface area contributed by atoms with E-state index in [1.54, 1.807) is 0 Å². The van der Waals surface area contributed by atoms with E-state index in [9.17, 15) is 9.59 Å². The normalized spacial score (nSPS) is 21.1. The highest BCUT2D eigenvalue weighted by Gasteiger charge is 2.34. The molecule has 2 amide bonds. The van der Waals surface area contributed by atoms with Gasteiger partial charge in [-0.25, -0.2) is 0 Å². The van der Waals surface area contributed by atoms with Gasteiger partial charge in [0.05, 0.1) is 5.92 Å². The van der Waals surface area contributed by atoms with E-state index in [-0.39, 0.29) is 17.7 Å². The van der Waals surface area contributed by atoms with Crippen LogP contribution in [-0.4, -0.2) is 49.9 Å². The molecule has 5 heteroatoms. The lowest BCUT2D eigenvalue weighted by Gasteiger charge is -2.36. The van der Waals surface area contributed by atoms with Crippen LogP contribution in [-0.2, 0) is 16.0 Å². The number of amides is 2. The zero-order chi connectivity index (χ0) is 18.5. The number of piperidine rings is 1. The Morgan fingerprint density at radius 2 is 1.85 bits per heavy atom. The van der Waals surface area contributed by atoms with E-state index in [4.69, 9.17) is 0 Å². The summed E-state index contributed by atoms with van der Waals surface area (Å²) < 4.78 is 0. The summed E-state index contributed by atoms with van der Waals surface area (Å²) in [5, 5.41) is 3.08. The number of anilines is 1. The number of rotatable bonds is 6. The number of nitrogens with zero attached hydrogens (tertiary/aromatic N) is 2. The van der Waals surface area contributed by atoms with Gasteiger partial charge >= 0.3 is 0 Å². The van der Waals surface area contributed by atoms with Gasteiger partial charge < -0.3 is 15.1 Å². The standard InChI is InChI=1S/C21H31N3O2/c1-23(2)18-10-7-16(8-11-18)13-14-22-21(26)17-9-12-20(25)24(15-17)19-5-3-4-6-19/h7-8,10-11,17,19H,3-6,9,12-15H2,1-2H3,(H,22,26)/t17-/m0/s1. The molecule has 26 heavy (non-hydrogen) atoms. The molecule has 1 aliphatic carbocycles. The van der Waals surface area contributed by atoms with Crippen LogP contribution in [0.15, 0.2) is 24.3 Å². The van der Waals surface area contributed by atoms with Gasteiger partial charge in [0.1, 0.15) is 0 Å². The van der Waals surface area contributed by atoms with E-state index in [2.05, 4.69) is 34.5 Å². The smallest absolute Gasteiger partial charge is 0.224 e. The largest absolute Gasteiger partial charge is 0.378 e. The molecule has 0 unspecified atom stereocenters. The molecule has 1 N–H and O–H groups in total. The van der Waals surface area contributed by atoms with Crippen molar-refractivity contribution in [3.8, 4) is 0 Å². The second kappa shape index (κ2) is 8.56. The highest BCUT2D eigenvalue weighted by atomic mass is 16.2. The van der Waals surface area contributed by atoms with E-state index in [1.807, 2.05) is 19.0 Å². The summed E-state index contributed by atoms with van der Waals surface area (Å²) in [5.41, 5.74) is 2.40. The van der Waals surface area contributed by atoms with Gasteiger partial charge in [-0.1, -0.05) is 25.0 Å². The Morgan fingerprint density at radius 1 is 1.15 bits per heavy atom. The van der Waals surface area contributed by atoms with Gasteiger partial charge in [-0.15, -0.1) is 0 Å². The van der Waals surface area contributed by atoms with Crippen LogP contribution in [0.5, 0.6) is 0 Å². The summed E-state index contributed by atoms with van der Waals surface area (Å²) in [6.45, 7) is 1.25. The van der Waals surface area contributed by atoms with Crippen molar-refractivity contribution in [1.29, 1.82) is 0 Å². The molecule has 0 aromatic heterocycles. The van der Waals surface area contributed by atoms with Crippen molar-refractivity contribution in [3.63, 3.8) is 0 Å². The maximum Gasteiger partial charge on any atom is 0.224 e. The number of benzene rings is 1. The summed E-state index contributed by atoms with van der Waals surface area (Å²) in [5.74, 6) is 0.289. The summed E-state index contributed by atoms with van der Waals surface area (Å²) in [7, 11) is 4.05. The van der Waals surface area contributed by atoms with Crippen LogP contribution < -0.4 is 10.2 Å². The minimum absolute atomic E-state index is 0.0515. The Labute approximate surface area is 156 Å². The van der Waals surface area contributed by atoms with Gasteiger partial charge in [0.2, 0.25) is 11.8 Å². The van der Waals surface area contributed by atoms with Crippen molar-refractivity contribution in [3.05, 3.63) is 29.8 Å². The molecule has 1 aromatic rings. The summed E-state index contributed by atoms with van der Waals surface area (Å²) in [4.78, 5) is 28.8. The fourth-order valence-electron chi connectivity index (χ4n) is 4.09. The molecule has 1 aliphatic heterocycles. The lowest BCUT2D eigenvalue weighted by Crippen LogP contribution is -2.49. The Morgan fingerprint density at radius 3 is 2.50 bits per heavy atom. The molecule has 2 fully saturated rings. The lowest BCUT2D eigenvalue weighted by atomic mass is 9.95. The third-order valence-electron chi connectivity index (χ3n) is 5.75.